The molecule has 1 fully saturated rings. The summed E-state index contributed by atoms with van der Waals surface area (Å²) in [6.07, 6.45) is 1.26. The van der Waals surface area contributed by atoms with Crippen molar-refractivity contribution >= 4 is 35.0 Å². The fraction of sp³-hybridized carbons (Fsp3) is 0.538. The summed E-state index contributed by atoms with van der Waals surface area (Å²) in [6.45, 7) is 3.09. The zero-order chi connectivity index (χ0) is 12.3. The summed E-state index contributed by atoms with van der Waals surface area (Å²) in [4.78, 5) is 0. The predicted molar refractivity (Wildman–Crippen MR) is 78.3 cm³/mol. The summed E-state index contributed by atoms with van der Waals surface area (Å²) in [5, 5.41) is 4.91. The lowest BCUT2D eigenvalue weighted by molar-refractivity contribution is 0.401. The first-order valence-electron chi connectivity index (χ1n) is 5.99. The lowest BCUT2D eigenvalue weighted by Crippen LogP contribution is -2.28. The average molecular weight is 290 g/mol. The van der Waals surface area contributed by atoms with E-state index in [0.29, 0.717) is 22.0 Å². The van der Waals surface area contributed by atoms with Crippen LogP contribution in [0.5, 0.6) is 0 Å². The quantitative estimate of drug-likeness (QED) is 0.882. The maximum Gasteiger partial charge on any atom is 0.0640 e. The van der Waals surface area contributed by atoms with Crippen molar-refractivity contribution in [3.63, 3.8) is 0 Å². The normalized spacial score (nSPS) is 21.7. The van der Waals surface area contributed by atoms with E-state index >= 15 is 0 Å². The fourth-order valence-electron chi connectivity index (χ4n) is 2.33. The van der Waals surface area contributed by atoms with Gasteiger partial charge in [0, 0.05) is 6.04 Å². The summed E-state index contributed by atoms with van der Waals surface area (Å²) in [5.41, 5.74) is 1.15. The van der Waals surface area contributed by atoms with Crippen LogP contribution in [0.25, 0.3) is 0 Å². The SMILES string of the molecule is CCNC(c1cccc(Cl)c1Cl)C1CCSC1. The van der Waals surface area contributed by atoms with E-state index in [4.69, 9.17) is 23.2 Å². The van der Waals surface area contributed by atoms with Crippen LogP contribution >= 0.6 is 35.0 Å². The highest BCUT2D eigenvalue weighted by atomic mass is 35.5. The average Bonchev–Trinajstić information content (AvgIpc) is 2.84. The second-order valence-electron chi connectivity index (χ2n) is 4.30. The maximum absolute atomic E-state index is 6.32. The van der Waals surface area contributed by atoms with Gasteiger partial charge in [-0.05, 0) is 42.0 Å². The molecule has 4 heteroatoms. The standard InChI is InChI=1S/C13H17Cl2NS/c1-2-16-13(9-6-7-17-8-9)10-4-3-5-11(14)12(10)15/h3-5,9,13,16H,2,6-8H2,1H3. The van der Waals surface area contributed by atoms with E-state index in [9.17, 15) is 0 Å². The van der Waals surface area contributed by atoms with E-state index in [1.54, 1.807) is 0 Å². The molecular formula is C13H17Cl2NS. The lowest BCUT2D eigenvalue weighted by atomic mass is 9.92. The topological polar surface area (TPSA) is 12.0 Å². The largest absolute Gasteiger partial charge is 0.310 e. The van der Waals surface area contributed by atoms with Gasteiger partial charge in [-0.3, -0.25) is 0 Å². The van der Waals surface area contributed by atoms with E-state index < -0.39 is 0 Å². The molecule has 1 saturated heterocycles. The van der Waals surface area contributed by atoms with Crippen molar-refractivity contribution in [2.45, 2.75) is 19.4 Å². The van der Waals surface area contributed by atoms with Crippen LogP contribution in [-0.4, -0.2) is 18.1 Å². The Morgan fingerprint density at radius 3 is 2.94 bits per heavy atom. The number of nitrogens with one attached hydrogen (secondary N) is 1. The molecule has 0 aliphatic carbocycles. The van der Waals surface area contributed by atoms with E-state index in [2.05, 4.69) is 18.3 Å². The number of benzene rings is 1. The molecule has 0 radical (unpaired) electrons. The minimum atomic E-state index is 0.334. The molecule has 2 rings (SSSR count). The Bertz CT molecular complexity index is 378. The van der Waals surface area contributed by atoms with E-state index in [1.807, 2.05) is 23.9 Å². The van der Waals surface area contributed by atoms with E-state index in [-0.39, 0.29) is 0 Å². The second-order valence-corrected chi connectivity index (χ2v) is 6.24. The van der Waals surface area contributed by atoms with E-state index in [1.165, 1.54) is 17.9 Å². The molecule has 1 nitrogen and oxygen atoms in total. The highest BCUT2D eigenvalue weighted by molar-refractivity contribution is 7.99. The Kier molecular flexibility index (Phi) is 5.04. The van der Waals surface area contributed by atoms with Gasteiger partial charge < -0.3 is 5.32 Å². The molecule has 2 unspecified atom stereocenters. The van der Waals surface area contributed by atoms with Gasteiger partial charge in [-0.15, -0.1) is 0 Å². The fourth-order valence-corrected chi connectivity index (χ4v) is 4.05. The van der Waals surface area contributed by atoms with Gasteiger partial charge in [-0.1, -0.05) is 42.3 Å². The molecule has 1 aromatic carbocycles. The molecular weight excluding hydrogens is 273 g/mol. The van der Waals surface area contributed by atoms with Crippen LogP contribution in [0.2, 0.25) is 10.0 Å². The van der Waals surface area contributed by atoms with Crippen molar-refractivity contribution in [2.75, 3.05) is 18.1 Å². The van der Waals surface area contributed by atoms with Crippen LogP contribution in [0.15, 0.2) is 18.2 Å². The molecule has 94 valence electrons. The van der Waals surface area contributed by atoms with Gasteiger partial charge >= 0.3 is 0 Å². The Hall–Kier alpha value is 0.110. The molecule has 1 aromatic rings. The van der Waals surface area contributed by atoms with E-state index in [0.717, 1.165) is 12.1 Å². The Balaban J connectivity index is 2.27. The first kappa shape index (κ1) is 13.5. The number of hydrogen-bond acceptors (Lipinski definition) is 2. The summed E-state index contributed by atoms with van der Waals surface area (Å²) in [7, 11) is 0. The van der Waals surface area contributed by atoms with Crippen LogP contribution in [0.1, 0.15) is 24.9 Å². The van der Waals surface area contributed by atoms with Crippen LogP contribution < -0.4 is 5.32 Å². The molecule has 1 heterocycles. The summed E-state index contributed by atoms with van der Waals surface area (Å²) in [5.74, 6) is 3.13. The van der Waals surface area contributed by atoms with Gasteiger partial charge in [-0.25, -0.2) is 0 Å². The highest BCUT2D eigenvalue weighted by Gasteiger charge is 2.27. The van der Waals surface area contributed by atoms with Crippen molar-refractivity contribution in [3.8, 4) is 0 Å². The zero-order valence-electron chi connectivity index (χ0n) is 9.88. The number of hydrogen-bond donors (Lipinski definition) is 1. The third-order valence-electron chi connectivity index (χ3n) is 3.18. The molecule has 1 aliphatic rings. The van der Waals surface area contributed by atoms with Crippen molar-refractivity contribution < 1.29 is 0 Å². The molecule has 1 aliphatic heterocycles. The van der Waals surface area contributed by atoms with Crippen LogP contribution in [0, 0.1) is 5.92 Å². The number of halogens is 2. The molecule has 0 saturated carbocycles. The minimum Gasteiger partial charge on any atom is -0.310 e. The molecule has 17 heavy (non-hydrogen) atoms. The smallest absolute Gasteiger partial charge is 0.0640 e. The summed E-state index contributed by atoms with van der Waals surface area (Å²) < 4.78 is 0. The van der Waals surface area contributed by atoms with Crippen molar-refractivity contribution in [2.24, 2.45) is 5.92 Å². The molecule has 0 amide bonds. The van der Waals surface area contributed by atoms with Crippen LogP contribution in [0.4, 0.5) is 0 Å². The van der Waals surface area contributed by atoms with Gasteiger partial charge in [0.05, 0.1) is 10.0 Å². The third kappa shape index (κ3) is 3.11. The Labute approximate surface area is 117 Å². The maximum atomic E-state index is 6.32. The number of rotatable bonds is 4. The van der Waals surface area contributed by atoms with Crippen molar-refractivity contribution in [1.82, 2.24) is 5.32 Å². The molecule has 0 bridgehead atoms. The first-order valence-corrected chi connectivity index (χ1v) is 7.90. The molecule has 0 spiro atoms. The van der Waals surface area contributed by atoms with Gasteiger partial charge in [0.25, 0.3) is 0 Å². The van der Waals surface area contributed by atoms with Gasteiger partial charge in [0.1, 0.15) is 0 Å². The second kappa shape index (κ2) is 6.33. The van der Waals surface area contributed by atoms with Crippen LogP contribution in [0.3, 0.4) is 0 Å². The lowest BCUT2D eigenvalue weighted by Gasteiger charge is -2.25. The molecule has 0 aromatic heterocycles. The summed E-state index contributed by atoms with van der Waals surface area (Å²) >= 11 is 14.4. The number of thioether (sulfide) groups is 1. The zero-order valence-corrected chi connectivity index (χ0v) is 12.2. The van der Waals surface area contributed by atoms with Gasteiger partial charge in [0.2, 0.25) is 0 Å². The van der Waals surface area contributed by atoms with Crippen molar-refractivity contribution in [1.29, 1.82) is 0 Å². The first-order chi connectivity index (χ1) is 8.24. The summed E-state index contributed by atoms with van der Waals surface area (Å²) in [6, 6.07) is 6.25. The van der Waals surface area contributed by atoms with Crippen LogP contribution in [-0.2, 0) is 0 Å². The molecule has 2 atom stereocenters. The third-order valence-corrected chi connectivity index (χ3v) is 5.20. The van der Waals surface area contributed by atoms with Crippen molar-refractivity contribution in [3.05, 3.63) is 33.8 Å². The van der Waals surface area contributed by atoms with Gasteiger partial charge in [0.15, 0.2) is 0 Å². The Morgan fingerprint density at radius 2 is 2.29 bits per heavy atom. The highest BCUT2D eigenvalue weighted by Crippen LogP contribution is 2.38. The minimum absolute atomic E-state index is 0.334. The monoisotopic (exact) mass is 289 g/mol. The predicted octanol–water partition coefficient (Wildman–Crippen LogP) is 4.40. The van der Waals surface area contributed by atoms with Gasteiger partial charge in [-0.2, -0.15) is 11.8 Å². The Morgan fingerprint density at radius 1 is 1.47 bits per heavy atom. The molecule has 1 N–H and O–H groups in total.